The summed E-state index contributed by atoms with van der Waals surface area (Å²) in [6.07, 6.45) is 0. The van der Waals surface area contributed by atoms with Crippen molar-refractivity contribution in [3.63, 3.8) is 0 Å². The number of rotatable bonds is 3. The highest BCUT2D eigenvalue weighted by atomic mass is 32.1. The number of hydrogen-bond donors (Lipinski definition) is 1. The summed E-state index contributed by atoms with van der Waals surface area (Å²) in [5.41, 5.74) is 4.34. The largest absolute Gasteiger partial charge is 0.285 e. The molecule has 88 valence electrons. The Kier molecular flexibility index (Phi) is 3.56. The van der Waals surface area contributed by atoms with Crippen LogP contribution in [0.2, 0.25) is 0 Å². The maximum absolute atomic E-state index is 11.8. The third-order valence-corrected chi connectivity index (χ3v) is 3.39. The first-order chi connectivity index (χ1) is 8.22. The average molecular weight is 247 g/mol. The highest BCUT2D eigenvalue weighted by molar-refractivity contribution is 7.14. The van der Waals surface area contributed by atoms with Crippen LogP contribution in [0.4, 0.5) is 0 Å². The lowest BCUT2D eigenvalue weighted by molar-refractivity contribution is 0.0542. The highest BCUT2D eigenvalue weighted by Crippen LogP contribution is 2.31. The molecule has 3 nitrogen and oxygen atoms in total. The standard InChI is InChI=1S/C13H13NO2S/c1-9-8-11(10-6-4-3-5-7-10)12(17-9)13(15)14-16-2/h3-8H,1-2H3,(H,14,15). The zero-order valence-electron chi connectivity index (χ0n) is 9.69. The van der Waals surface area contributed by atoms with Crippen molar-refractivity contribution < 1.29 is 9.63 Å². The molecule has 4 heteroatoms. The summed E-state index contributed by atoms with van der Waals surface area (Å²) >= 11 is 1.47. The summed E-state index contributed by atoms with van der Waals surface area (Å²) in [5, 5.41) is 0. The third-order valence-electron chi connectivity index (χ3n) is 2.34. The van der Waals surface area contributed by atoms with Crippen LogP contribution in [-0.4, -0.2) is 13.0 Å². The van der Waals surface area contributed by atoms with Crippen molar-refractivity contribution in [3.05, 3.63) is 46.2 Å². The van der Waals surface area contributed by atoms with E-state index in [1.54, 1.807) is 0 Å². The van der Waals surface area contributed by atoms with Crippen molar-refractivity contribution in [3.8, 4) is 11.1 Å². The van der Waals surface area contributed by atoms with Gasteiger partial charge in [-0.15, -0.1) is 11.3 Å². The molecule has 17 heavy (non-hydrogen) atoms. The van der Waals surface area contributed by atoms with Crippen molar-refractivity contribution in [2.24, 2.45) is 0 Å². The van der Waals surface area contributed by atoms with Crippen LogP contribution in [0, 0.1) is 6.92 Å². The van der Waals surface area contributed by atoms with Gasteiger partial charge in [0.2, 0.25) is 0 Å². The molecule has 1 amide bonds. The predicted octanol–water partition coefficient (Wildman–Crippen LogP) is 3.01. The van der Waals surface area contributed by atoms with E-state index in [1.165, 1.54) is 18.4 Å². The van der Waals surface area contributed by atoms with Crippen LogP contribution in [0.3, 0.4) is 0 Å². The summed E-state index contributed by atoms with van der Waals surface area (Å²) in [7, 11) is 1.43. The Morgan fingerprint density at radius 1 is 1.29 bits per heavy atom. The van der Waals surface area contributed by atoms with Crippen LogP contribution >= 0.6 is 11.3 Å². The maximum atomic E-state index is 11.8. The van der Waals surface area contributed by atoms with E-state index in [0.717, 1.165) is 16.0 Å². The average Bonchev–Trinajstić information content (AvgIpc) is 2.73. The molecule has 0 aliphatic heterocycles. The second-order valence-electron chi connectivity index (χ2n) is 3.60. The topological polar surface area (TPSA) is 38.3 Å². The maximum Gasteiger partial charge on any atom is 0.285 e. The van der Waals surface area contributed by atoms with Crippen LogP contribution in [0.15, 0.2) is 36.4 Å². The molecule has 2 aromatic rings. The first-order valence-electron chi connectivity index (χ1n) is 5.21. The van der Waals surface area contributed by atoms with Gasteiger partial charge in [-0.3, -0.25) is 9.63 Å². The molecule has 0 radical (unpaired) electrons. The van der Waals surface area contributed by atoms with E-state index in [0.29, 0.717) is 4.88 Å². The van der Waals surface area contributed by atoms with Gasteiger partial charge >= 0.3 is 0 Å². The predicted molar refractivity (Wildman–Crippen MR) is 69.0 cm³/mol. The Hall–Kier alpha value is -1.65. The summed E-state index contributed by atoms with van der Waals surface area (Å²) in [5.74, 6) is -0.204. The molecule has 1 aromatic heterocycles. The summed E-state index contributed by atoms with van der Waals surface area (Å²) < 4.78 is 0. The number of amides is 1. The van der Waals surface area contributed by atoms with Crippen LogP contribution in [-0.2, 0) is 4.84 Å². The molecule has 0 aliphatic carbocycles. The van der Waals surface area contributed by atoms with Gasteiger partial charge in [0.05, 0.1) is 7.11 Å². The van der Waals surface area contributed by atoms with Gasteiger partial charge in [-0.1, -0.05) is 30.3 Å². The second kappa shape index (κ2) is 5.12. The van der Waals surface area contributed by atoms with Crippen molar-refractivity contribution in [2.75, 3.05) is 7.11 Å². The molecule has 0 saturated heterocycles. The van der Waals surface area contributed by atoms with Gasteiger partial charge in [0.25, 0.3) is 5.91 Å². The smallest absolute Gasteiger partial charge is 0.277 e. The van der Waals surface area contributed by atoms with Crippen LogP contribution in [0.1, 0.15) is 14.5 Å². The Labute approximate surface area is 104 Å². The fourth-order valence-electron chi connectivity index (χ4n) is 1.65. The number of carbonyl (C=O) groups is 1. The third kappa shape index (κ3) is 2.54. The van der Waals surface area contributed by atoms with E-state index >= 15 is 0 Å². The van der Waals surface area contributed by atoms with Gasteiger partial charge < -0.3 is 0 Å². The molecule has 1 aromatic carbocycles. The lowest BCUT2D eigenvalue weighted by Gasteiger charge is -2.03. The van der Waals surface area contributed by atoms with Crippen molar-refractivity contribution >= 4 is 17.2 Å². The summed E-state index contributed by atoms with van der Waals surface area (Å²) in [4.78, 5) is 18.3. The monoisotopic (exact) mass is 247 g/mol. The molecule has 0 bridgehead atoms. The van der Waals surface area contributed by atoms with E-state index in [2.05, 4.69) is 10.3 Å². The fraction of sp³-hybridized carbons (Fsp3) is 0.154. The normalized spacial score (nSPS) is 10.2. The zero-order chi connectivity index (χ0) is 12.3. The van der Waals surface area contributed by atoms with Gasteiger partial charge in [0.15, 0.2) is 0 Å². The minimum absolute atomic E-state index is 0.204. The minimum Gasteiger partial charge on any atom is -0.277 e. The van der Waals surface area contributed by atoms with Gasteiger partial charge in [0.1, 0.15) is 4.88 Å². The SMILES string of the molecule is CONC(=O)c1sc(C)cc1-c1ccccc1. The van der Waals surface area contributed by atoms with Crippen LogP contribution in [0.25, 0.3) is 11.1 Å². The molecule has 1 heterocycles. The van der Waals surface area contributed by atoms with Gasteiger partial charge in [-0.25, -0.2) is 5.48 Å². The van der Waals surface area contributed by atoms with E-state index in [4.69, 9.17) is 0 Å². The van der Waals surface area contributed by atoms with Crippen molar-refractivity contribution in [2.45, 2.75) is 6.92 Å². The van der Waals surface area contributed by atoms with E-state index in [9.17, 15) is 4.79 Å². The minimum atomic E-state index is -0.204. The Bertz CT molecular complexity index is 519. The van der Waals surface area contributed by atoms with Crippen molar-refractivity contribution in [1.29, 1.82) is 0 Å². The lowest BCUT2D eigenvalue weighted by atomic mass is 10.1. The van der Waals surface area contributed by atoms with E-state index in [1.807, 2.05) is 43.3 Å². The molecule has 0 unspecified atom stereocenters. The fourth-order valence-corrected chi connectivity index (χ4v) is 2.57. The highest BCUT2D eigenvalue weighted by Gasteiger charge is 2.15. The lowest BCUT2D eigenvalue weighted by Crippen LogP contribution is -2.21. The number of hydroxylamine groups is 1. The van der Waals surface area contributed by atoms with Gasteiger partial charge in [-0.2, -0.15) is 0 Å². The Morgan fingerprint density at radius 3 is 2.65 bits per heavy atom. The van der Waals surface area contributed by atoms with Crippen LogP contribution in [0.5, 0.6) is 0 Å². The number of thiophene rings is 1. The molecular weight excluding hydrogens is 234 g/mol. The van der Waals surface area contributed by atoms with E-state index in [-0.39, 0.29) is 5.91 Å². The van der Waals surface area contributed by atoms with E-state index < -0.39 is 0 Å². The number of hydrogen-bond acceptors (Lipinski definition) is 3. The second-order valence-corrected chi connectivity index (χ2v) is 4.86. The van der Waals surface area contributed by atoms with Crippen molar-refractivity contribution in [1.82, 2.24) is 5.48 Å². The molecule has 0 atom stereocenters. The van der Waals surface area contributed by atoms with Gasteiger partial charge in [-0.05, 0) is 18.6 Å². The summed E-state index contributed by atoms with van der Waals surface area (Å²) in [6, 6.07) is 11.9. The quantitative estimate of drug-likeness (QED) is 0.847. The number of nitrogens with one attached hydrogen (secondary N) is 1. The number of aryl methyl sites for hydroxylation is 1. The number of benzene rings is 1. The number of carbonyl (C=O) groups excluding carboxylic acids is 1. The molecule has 0 spiro atoms. The summed E-state index contributed by atoms with van der Waals surface area (Å²) in [6.45, 7) is 1.99. The molecule has 0 fully saturated rings. The molecule has 0 aliphatic rings. The van der Waals surface area contributed by atoms with Crippen LogP contribution < -0.4 is 5.48 Å². The molecule has 1 N–H and O–H groups in total. The molecular formula is C13H13NO2S. The molecule has 2 rings (SSSR count). The van der Waals surface area contributed by atoms with Gasteiger partial charge in [0, 0.05) is 10.4 Å². The Morgan fingerprint density at radius 2 is 2.00 bits per heavy atom. The molecule has 0 saturated carbocycles. The first kappa shape index (κ1) is 11.8. The zero-order valence-corrected chi connectivity index (χ0v) is 10.5. The Balaban J connectivity index is 2.44. The first-order valence-corrected chi connectivity index (χ1v) is 6.03.